The predicted octanol–water partition coefficient (Wildman–Crippen LogP) is 3.33. The molecule has 8 heteroatoms. The minimum absolute atomic E-state index is 0. The first-order valence-corrected chi connectivity index (χ1v) is 11.8. The number of aryl methyl sites for hydroxylation is 1. The molecule has 30 heavy (non-hydrogen) atoms. The maximum Gasteiger partial charge on any atom is 0.194 e. The van der Waals surface area contributed by atoms with Gasteiger partial charge in [-0.1, -0.05) is 25.7 Å². The Kier molecular flexibility index (Phi) is 9.22. The molecule has 1 saturated carbocycles. The fourth-order valence-corrected chi connectivity index (χ4v) is 5.08. The van der Waals surface area contributed by atoms with E-state index in [0.29, 0.717) is 12.6 Å². The maximum atomic E-state index is 5.02. The molecule has 1 atom stereocenters. The Bertz CT molecular complexity index is 677. The number of likely N-dealkylation sites (tertiary alicyclic amines) is 2. The Morgan fingerprint density at radius 1 is 1.00 bits per heavy atom. The van der Waals surface area contributed by atoms with Gasteiger partial charge in [-0.3, -0.25) is 0 Å². The SMILES string of the molecule is Cc1nnc(CN=C(NC2CCCCC2)N2CCC(CN3CCCCC3)C2)n1C.I. The molecule has 2 aliphatic heterocycles. The third-order valence-corrected chi connectivity index (χ3v) is 7.04. The first kappa shape index (κ1) is 23.8. The summed E-state index contributed by atoms with van der Waals surface area (Å²) in [5.74, 6) is 3.75. The number of rotatable bonds is 5. The Labute approximate surface area is 199 Å². The van der Waals surface area contributed by atoms with E-state index in [9.17, 15) is 0 Å². The van der Waals surface area contributed by atoms with Crippen molar-refractivity contribution in [2.45, 2.75) is 77.3 Å². The second kappa shape index (κ2) is 11.6. The fourth-order valence-electron chi connectivity index (χ4n) is 5.08. The largest absolute Gasteiger partial charge is 0.353 e. The summed E-state index contributed by atoms with van der Waals surface area (Å²) in [5, 5.41) is 12.3. The number of hydrogen-bond acceptors (Lipinski definition) is 4. The topological polar surface area (TPSA) is 61.6 Å². The van der Waals surface area contributed by atoms with Crippen molar-refractivity contribution in [1.82, 2.24) is 29.9 Å². The minimum Gasteiger partial charge on any atom is -0.353 e. The van der Waals surface area contributed by atoms with Crippen molar-refractivity contribution in [3.63, 3.8) is 0 Å². The lowest BCUT2D eigenvalue weighted by Crippen LogP contribution is -2.46. The van der Waals surface area contributed by atoms with Gasteiger partial charge in [-0.05, 0) is 58.0 Å². The lowest BCUT2D eigenvalue weighted by atomic mass is 9.96. The van der Waals surface area contributed by atoms with E-state index in [1.54, 1.807) is 0 Å². The van der Waals surface area contributed by atoms with Gasteiger partial charge in [0.15, 0.2) is 11.8 Å². The average Bonchev–Trinajstić information content (AvgIpc) is 3.34. The van der Waals surface area contributed by atoms with Crippen LogP contribution < -0.4 is 5.32 Å². The molecule has 0 aromatic carbocycles. The maximum absolute atomic E-state index is 5.02. The molecular formula is C22H40IN7. The Balaban J connectivity index is 0.00000256. The summed E-state index contributed by atoms with van der Waals surface area (Å²) < 4.78 is 2.05. The highest BCUT2D eigenvalue weighted by atomic mass is 127. The zero-order chi connectivity index (χ0) is 20.1. The molecule has 1 aromatic rings. The lowest BCUT2D eigenvalue weighted by Gasteiger charge is -2.30. The van der Waals surface area contributed by atoms with Crippen molar-refractivity contribution in [1.29, 1.82) is 0 Å². The summed E-state index contributed by atoms with van der Waals surface area (Å²) in [7, 11) is 2.03. The molecule has 1 unspecified atom stereocenters. The summed E-state index contributed by atoms with van der Waals surface area (Å²) in [5.41, 5.74) is 0. The van der Waals surface area contributed by atoms with E-state index in [-0.39, 0.29) is 24.0 Å². The van der Waals surface area contributed by atoms with Crippen molar-refractivity contribution in [2.24, 2.45) is 18.0 Å². The third kappa shape index (κ3) is 6.31. The molecule has 0 radical (unpaired) electrons. The van der Waals surface area contributed by atoms with Gasteiger partial charge in [0.25, 0.3) is 0 Å². The molecule has 3 heterocycles. The molecule has 1 aliphatic carbocycles. The van der Waals surface area contributed by atoms with Crippen LogP contribution in [0.4, 0.5) is 0 Å². The highest BCUT2D eigenvalue weighted by Gasteiger charge is 2.28. The molecule has 170 valence electrons. The zero-order valence-corrected chi connectivity index (χ0v) is 21.2. The molecule has 4 rings (SSSR count). The van der Waals surface area contributed by atoms with E-state index in [0.717, 1.165) is 36.6 Å². The summed E-state index contributed by atoms with van der Waals surface area (Å²) in [6.45, 7) is 8.69. The van der Waals surface area contributed by atoms with Crippen LogP contribution in [-0.4, -0.2) is 69.3 Å². The van der Waals surface area contributed by atoms with Crippen molar-refractivity contribution >= 4 is 29.9 Å². The molecule has 1 aromatic heterocycles. The summed E-state index contributed by atoms with van der Waals surface area (Å²) in [6.07, 6.45) is 12.1. The first-order chi connectivity index (χ1) is 14.2. The van der Waals surface area contributed by atoms with Crippen molar-refractivity contribution in [3.8, 4) is 0 Å². The van der Waals surface area contributed by atoms with Gasteiger partial charge >= 0.3 is 0 Å². The Morgan fingerprint density at radius 3 is 2.43 bits per heavy atom. The Morgan fingerprint density at radius 2 is 1.73 bits per heavy atom. The number of piperidine rings is 1. The molecule has 0 bridgehead atoms. The second-order valence-electron chi connectivity index (χ2n) is 9.30. The lowest BCUT2D eigenvalue weighted by molar-refractivity contribution is 0.198. The van der Waals surface area contributed by atoms with Crippen LogP contribution in [0.1, 0.15) is 69.4 Å². The van der Waals surface area contributed by atoms with Crippen molar-refractivity contribution in [3.05, 3.63) is 11.6 Å². The molecule has 0 spiro atoms. The zero-order valence-electron chi connectivity index (χ0n) is 18.9. The second-order valence-corrected chi connectivity index (χ2v) is 9.30. The molecular weight excluding hydrogens is 489 g/mol. The van der Waals surface area contributed by atoms with Gasteiger partial charge in [0.2, 0.25) is 0 Å². The van der Waals surface area contributed by atoms with Crippen molar-refractivity contribution in [2.75, 3.05) is 32.7 Å². The number of guanidine groups is 1. The van der Waals surface area contributed by atoms with Gasteiger partial charge in [0.1, 0.15) is 12.4 Å². The van der Waals surface area contributed by atoms with Crippen molar-refractivity contribution < 1.29 is 0 Å². The van der Waals surface area contributed by atoms with Gasteiger partial charge in [-0.2, -0.15) is 0 Å². The van der Waals surface area contributed by atoms with Crippen LogP contribution in [0, 0.1) is 12.8 Å². The van der Waals surface area contributed by atoms with Gasteiger partial charge < -0.3 is 19.7 Å². The summed E-state index contributed by atoms with van der Waals surface area (Å²) in [4.78, 5) is 10.2. The Hall–Kier alpha value is -0.900. The predicted molar refractivity (Wildman–Crippen MR) is 132 cm³/mol. The smallest absolute Gasteiger partial charge is 0.194 e. The molecule has 1 N–H and O–H groups in total. The highest BCUT2D eigenvalue weighted by Crippen LogP contribution is 2.22. The highest BCUT2D eigenvalue weighted by molar-refractivity contribution is 14.0. The van der Waals surface area contributed by atoms with Crippen LogP contribution in [0.25, 0.3) is 0 Å². The number of aromatic nitrogens is 3. The molecule has 3 fully saturated rings. The van der Waals surface area contributed by atoms with E-state index in [2.05, 4.69) is 25.3 Å². The number of halogens is 1. The normalized spacial score (nSPS) is 24.1. The first-order valence-electron chi connectivity index (χ1n) is 11.8. The number of nitrogens with zero attached hydrogens (tertiary/aromatic N) is 6. The monoisotopic (exact) mass is 529 g/mol. The number of aliphatic imine (C=N–C) groups is 1. The van der Waals surface area contributed by atoms with E-state index in [1.807, 2.05) is 18.5 Å². The number of nitrogens with one attached hydrogen (secondary N) is 1. The van der Waals surface area contributed by atoms with Crippen LogP contribution >= 0.6 is 24.0 Å². The number of hydrogen-bond donors (Lipinski definition) is 1. The standard InChI is InChI=1S/C22H39N7.HI/c1-18-25-26-21(27(18)2)15-23-22(24-20-9-5-3-6-10-20)29-14-11-19(17-29)16-28-12-7-4-8-13-28;/h19-20H,3-17H2,1-2H3,(H,23,24);1H. The van der Waals surface area contributed by atoms with Crippen LogP contribution in [0.3, 0.4) is 0 Å². The summed E-state index contributed by atoms with van der Waals surface area (Å²) >= 11 is 0. The van der Waals surface area contributed by atoms with Crippen LogP contribution in [-0.2, 0) is 13.6 Å². The van der Waals surface area contributed by atoms with E-state index in [1.165, 1.54) is 77.4 Å². The van der Waals surface area contributed by atoms with Gasteiger partial charge in [0, 0.05) is 32.7 Å². The van der Waals surface area contributed by atoms with E-state index < -0.39 is 0 Å². The van der Waals surface area contributed by atoms with Gasteiger partial charge in [-0.25, -0.2) is 4.99 Å². The molecule has 2 saturated heterocycles. The van der Waals surface area contributed by atoms with E-state index in [4.69, 9.17) is 4.99 Å². The molecule has 7 nitrogen and oxygen atoms in total. The van der Waals surface area contributed by atoms with Crippen LogP contribution in [0.15, 0.2) is 4.99 Å². The minimum atomic E-state index is 0. The summed E-state index contributed by atoms with van der Waals surface area (Å²) in [6, 6.07) is 0.574. The quantitative estimate of drug-likeness (QED) is 0.360. The third-order valence-electron chi connectivity index (χ3n) is 7.04. The van der Waals surface area contributed by atoms with Gasteiger partial charge in [-0.15, -0.1) is 34.2 Å². The van der Waals surface area contributed by atoms with Crippen LogP contribution in [0.2, 0.25) is 0 Å². The van der Waals surface area contributed by atoms with E-state index >= 15 is 0 Å². The molecule has 0 amide bonds. The van der Waals surface area contributed by atoms with Gasteiger partial charge in [0.05, 0.1) is 0 Å². The average molecular weight is 530 g/mol. The molecule has 3 aliphatic rings. The fraction of sp³-hybridized carbons (Fsp3) is 0.864. The van der Waals surface area contributed by atoms with Crippen LogP contribution in [0.5, 0.6) is 0 Å².